The monoisotopic (exact) mass is 341 g/mol. The van der Waals surface area contributed by atoms with Crippen LogP contribution in [0.15, 0.2) is 36.0 Å². The Hall–Kier alpha value is -2.87. The minimum absolute atomic E-state index is 0.0524. The summed E-state index contributed by atoms with van der Waals surface area (Å²) >= 11 is 1.26. The number of ketones is 1. The Balaban J connectivity index is 1.70. The minimum Gasteiger partial charge on any atom is -0.342 e. The van der Waals surface area contributed by atoms with Crippen molar-refractivity contribution in [1.82, 2.24) is 25.5 Å². The first-order chi connectivity index (χ1) is 11.5. The summed E-state index contributed by atoms with van der Waals surface area (Å²) in [5.74, 6) is 0.756. The van der Waals surface area contributed by atoms with Gasteiger partial charge in [-0.15, -0.1) is 11.3 Å². The Bertz CT molecular complexity index is 871. The number of H-pyrrole nitrogens is 1. The molecule has 3 aromatic rings. The zero-order valence-corrected chi connectivity index (χ0v) is 13.9. The molecule has 0 aliphatic rings. The Morgan fingerprint density at radius 2 is 2.21 bits per heavy atom. The molecule has 24 heavy (non-hydrogen) atoms. The van der Waals surface area contributed by atoms with Crippen molar-refractivity contribution < 1.29 is 9.59 Å². The van der Waals surface area contributed by atoms with Crippen molar-refractivity contribution in [2.24, 2.45) is 0 Å². The van der Waals surface area contributed by atoms with Crippen molar-refractivity contribution in [1.29, 1.82) is 0 Å². The maximum Gasteiger partial charge on any atom is 0.252 e. The van der Waals surface area contributed by atoms with E-state index in [0.717, 1.165) is 5.56 Å². The molecular formula is C16H15N5O2S. The molecule has 0 saturated carbocycles. The van der Waals surface area contributed by atoms with Gasteiger partial charge in [-0.1, -0.05) is 0 Å². The lowest BCUT2D eigenvalue weighted by molar-refractivity contribution is 0.0938. The maximum absolute atomic E-state index is 12.3. The second kappa shape index (κ2) is 6.71. The van der Waals surface area contributed by atoms with Crippen LogP contribution in [-0.2, 0) is 0 Å². The van der Waals surface area contributed by atoms with Gasteiger partial charge in [-0.25, -0.2) is 4.98 Å². The van der Waals surface area contributed by atoms with E-state index in [9.17, 15) is 9.59 Å². The van der Waals surface area contributed by atoms with E-state index in [2.05, 4.69) is 25.5 Å². The molecular weight excluding hydrogens is 326 g/mol. The zero-order valence-electron chi connectivity index (χ0n) is 13.1. The smallest absolute Gasteiger partial charge is 0.252 e. The number of pyridine rings is 1. The van der Waals surface area contributed by atoms with Crippen molar-refractivity contribution >= 4 is 23.0 Å². The molecule has 7 nitrogen and oxygen atoms in total. The van der Waals surface area contributed by atoms with E-state index in [4.69, 9.17) is 0 Å². The fourth-order valence-electron chi connectivity index (χ4n) is 2.08. The number of aromatic amines is 1. The normalized spacial score (nSPS) is 11.9. The van der Waals surface area contributed by atoms with E-state index >= 15 is 0 Å². The number of hydrogen-bond acceptors (Lipinski definition) is 6. The number of carbonyl (C=O) groups excluding carboxylic acids is 2. The van der Waals surface area contributed by atoms with E-state index in [-0.39, 0.29) is 17.7 Å². The molecule has 3 aromatic heterocycles. The predicted molar refractivity (Wildman–Crippen MR) is 89.8 cm³/mol. The lowest BCUT2D eigenvalue weighted by atomic mass is 10.2. The topological polar surface area (TPSA) is 101 Å². The van der Waals surface area contributed by atoms with E-state index in [0.29, 0.717) is 22.1 Å². The Kier molecular flexibility index (Phi) is 4.48. The first-order valence-corrected chi connectivity index (χ1v) is 8.15. The summed E-state index contributed by atoms with van der Waals surface area (Å²) in [5.41, 5.74) is 1.26. The summed E-state index contributed by atoms with van der Waals surface area (Å²) in [7, 11) is 0. The second-order valence-electron chi connectivity index (χ2n) is 5.24. The van der Waals surface area contributed by atoms with Gasteiger partial charge in [0, 0.05) is 23.3 Å². The number of thiophene rings is 1. The van der Waals surface area contributed by atoms with Gasteiger partial charge in [0.1, 0.15) is 5.82 Å². The Morgan fingerprint density at radius 1 is 1.38 bits per heavy atom. The first-order valence-electron chi connectivity index (χ1n) is 7.27. The molecule has 3 rings (SSSR count). The largest absolute Gasteiger partial charge is 0.342 e. The zero-order chi connectivity index (χ0) is 17.1. The van der Waals surface area contributed by atoms with Gasteiger partial charge in [-0.3, -0.25) is 19.7 Å². The average Bonchev–Trinajstić information content (AvgIpc) is 3.25. The van der Waals surface area contributed by atoms with Gasteiger partial charge in [0.05, 0.1) is 16.5 Å². The molecule has 0 aromatic carbocycles. The van der Waals surface area contributed by atoms with Crippen LogP contribution in [0.5, 0.6) is 0 Å². The highest BCUT2D eigenvalue weighted by Crippen LogP contribution is 2.18. The Morgan fingerprint density at radius 3 is 2.88 bits per heavy atom. The molecule has 3 heterocycles. The average molecular weight is 341 g/mol. The minimum atomic E-state index is -0.351. The molecule has 0 radical (unpaired) electrons. The van der Waals surface area contributed by atoms with Crippen LogP contribution in [0.3, 0.4) is 0 Å². The third-order valence-corrected chi connectivity index (χ3v) is 4.42. The van der Waals surface area contributed by atoms with Gasteiger partial charge < -0.3 is 5.32 Å². The van der Waals surface area contributed by atoms with Crippen LogP contribution in [-0.4, -0.2) is 31.9 Å². The van der Waals surface area contributed by atoms with Crippen LogP contribution in [0.2, 0.25) is 0 Å². The summed E-state index contributed by atoms with van der Waals surface area (Å²) in [6.45, 7) is 3.29. The molecule has 1 unspecified atom stereocenters. The molecule has 0 fully saturated rings. The van der Waals surface area contributed by atoms with Gasteiger partial charge in [0.15, 0.2) is 11.6 Å². The first kappa shape index (κ1) is 16.0. The molecule has 1 atom stereocenters. The van der Waals surface area contributed by atoms with Crippen LogP contribution >= 0.6 is 11.3 Å². The number of hydrogen-bond donors (Lipinski definition) is 2. The maximum atomic E-state index is 12.3. The highest BCUT2D eigenvalue weighted by atomic mass is 32.1. The Labute approximate surface area is 142 Å². The fraction of sp³-hybridized carbons (Fsp3) is 0.188. The lowest BCUT2D eigenvalue weighted by Crippen LogP contribution is -2.27. The number of Topliss-reactive ketones (excluding diaryl/α,β-unsaturated/α-hetero) is 1. The van der Waals surface area contributed by atoms with Crippen LogP contribution in [0.4, 0.5) is 0 Å². The van der Waals surface area contributed by atoms with Gasteiger partial charge >= 0.3 is 0 Å². The number of nitrogens with one attached hydrogen (secondary N) is 2. The number of carbonyl (C=O) groups is 2. The predicted octanol–water partition coefficient (Wildman–Crippen LogP) is 2.62. The molecule has 0 saturated heterocycles. The highest BCUT2D eigenvalue weighted by molar-refractivity contribution is 7.12. The lowest BCUT2D eigenvalue weighted by Gasteiger charge is -2.09. The third kappa shape index (κ3) is 3.38. The fourth-order valence-corrected chi connectivity index (χ4v) is 2.87. The third-order valence-electron chi connectivity index (χ3n) is 3.39. The number of aromatic nitrogens is 4. The van der Waals surface area contributed by atoms with Crippen molar-refractivity contribution in [2.45, 2.75) is 19.9 Å². The van der Waals surface area contributed by atoms with Crippen LogP contribution in [0.25, 0.3) is 11.4 Å². The van der Waals surface area contributed by atoms with E-state index in [1.807, 2.05) is 13.0 Å². The van der Waals surface area contributed by atoms with Crippen LogP contribution in [0.1, 0.15) is 45.7 Å². The summed E-state index contributed by atoms with van der Waals surface area (Å²) in [6, 6.07) is 4.91. The second-order valence-corrected chi connectivity index (χ2v) is 6.15. The van der Waals surface area contributed by atoms with Gasteiger partial charge in [0.2, 0.25) is 0 Å². The van der Waals surface area contributed by atoms with E-state index in [1.54, 1.807) is 29.9 Å². The quantitative estimate of drug-likeness (QED) is 0.695. The van der Waals surface area contributed by atoms with Crippen molar-refractivity contribution in [3.05, 3.63) is 52.2 Å². The molecule has 0 aliphatic heterocycles. The standard InChI is InChI=1S/C16H15N5O2S/c1-9(18-16(23)12-6-13(10(2)22)24-8-12)14-19-15(21-20-14)11-4-3-5-17-7-11/h3-9H,1-2H3,(H,18,23)(H,19,20,21). The van der Waals surface area contributed by atoms with Crippen molar-refractivity contribution in [3.63, 3.8) is 0 Å². The molecule has 1 amide bonds. The SMILES string of the molecule is CC(=O)c1cc(C(=O)NC(C)c2nc(-c3cccnc3)n[nH]2)cs1. The molecule has 0 spiro atoms. The van der Waals surface area contributed by atoms with E-state index in [1.165, 1.54) is 18.3 Å². The van der Waals surface area contributed by atoms with Crippen molar-refractivity contribution in [3.8, 4) is 11.4 Å². The van der Waals surface area contributed by atoms with Gasteiger partial charge in [-0.05, 0) is 32.0 Å². The molecule has 8 heteroatoms. The molecule has 0 bridgehead atoms. The summed E-state index contributed by atoms with van der Waals surface area (Å²) in [4.78, 5) is 32.5. The van der Waals surface area contributed by atoms with Gasteiger partial charge in [0.25, 0.3) is 5.91 Å². The summed E-state index contributed by atoms with van der Waals surface area (Å²) < 4.78 is 0. The highest BCUT2D eigenvalue weighted by Gasteiger charge is 2.17. The summed E-state index contributed by atoms with van der Waals surface area (Å²) in [6.07, 6.45) is 3.35. The number of nitrogens with zero attached hydrogens (tertiary/aromatic N) is 3. The molecule has 2 N–H and O–H groups in total. The van der Waals surface area contributed by atoms with Crippen LogP contribution < -0.4 is 5.32 Å². The summed E-state index contributed by atoms with van der Waals surface area (Å²) in [5, 5.41) is 11.5. The number of amides is 1. The van der Waals surface area contributed by atoms with E-state index < -0.39 is 0 Å². The molecule has 0 aliphatic carbocycles. The molecule has 122 valence electrons. The van der Waals surface area contributed by atoms with Crippen LogP contribution in [0, 0.1) is 0 Å². The van der Waals surface area contributed by atoms with Gasteiger partial charge in [-0.2, -0.15) is 5.10 Å². The number of rotatable bonds is 5. The van der Waals surface area contributed by atoms with Crippen molar-refractivity contribution in [2.75, 3.05) is 0 Å².